The molecule has 1 unspecified atom stereocenters. The van der Waals surface area contributed by atoms with Crippen LogP contribution < -0.4 is 5.73 Å². The van der Waals surface area contributed by atoms with Gasteiger partial charge in [0.05, 0.1) is 18.8 Å². The van der Waals surface area contributed by atoms with Gasteiger partial charge in [0, 0.05) is 6.07 Å². The molecule has 2 heterocycles. The van der Waals surface area contributed by atoms with Gasteiger partial charge in [0.15, 0.2) is 11.5 Å². The van der Waals surface area contributed by atoms with Crippen molar-refractivity contribution in [3.8, 4) is 11.6 Å². The molecule has 0 spiro atoms. The number of nitrogens with zero attached hydrogens (tertiary/aromatic N) is 3. The predicted octanol–water partition coefficient (Wildman–Crippen LogP) is 1.46. The summed E-state index contributed by atoms with van der Waals surface area (Å²) in [4.78, 5) is 4.17. The maximum Gasteiger partial charge on any atom is 0.280 e. The number of hydrogen-bond acceptors (Lipinski definition) is 7. The van der Waals surface area contributed by atoms with Gasteiger partial charge in [0.2, 0.25) is 0 Å². The monoisotopic (exact) mass is 252 g/mol. The van der Waals surface area contributed by atoms with Crippen molar-refractivity contribution in [3.05, 3.63) is 17.7 Å². The molecule has 0 saturated heterocycles. The zero-order chi connectivity index (χ0) is 13.1. The van der Waals surface area contributed by atoms with Gasteiger partial charge in [-0.25, -0.2) is 0 Å². The molecule has 7 heteroatoms. The smallest absolute Gasteiger partial charge is 0.280 e. The third kappa shape index (κ3) is 2.93. The van der Waals surface area contributed by atoms with Crippen molar-refractivity contribution < 1.29 is 13.8 Å². The highest BCUT2D eigenvalue weighted by Gasteiger charge is 2.17. The first-order chi connectivity index (χ1) is 8.56. The van der Waals surface area contributed by atoms with Gasteiger partial charge in [-0.1, -0.05) is 10.3 Å². The molecule has 0 fully saturated rings. The Kier molecular flexibility index (Phi) is 3.73. The van der Waals surface area contributed by atoms with Gasteiger partial charge in [0.25, 0.3) is 5.89 Å². The Bertz CT molecular complexity index is 506. The van der Waals surface area contributed by atoms with Gasteiger partial charge in [-0.05, 0) is 20.8 Å². The molecular weight excluding hydrogens is 236 g/mol. The Labute approximate surface area is 104 Å². The zero-order valence-corrected chi connectivity index (χ0v) is 10.6. The quantitative estimate of drug-likeness (QED) is 0.859. The number of rotatable bonds is 5. The second kappa shape index (κ2) is 5.28. The van der Waals surface area contributed by atoms with Gasteiger partial charge in [-0.2, -0.15) is 4.98 Å². The first kappa shape index (κ1) is 12.7. The summed E-state index contributed by atoms with van der Waals surface area (Å²) in [6.07, 6.45) is 0.112. The van der Waals surface area contributed by atoms with E-state index in [4.69, 9.17) is 19.5 Å². The maximum atomic E-state index is 5.89. The third-order valence-corrected chi connectivity index (χ3v) is 2.23. The van der Waals surface area contributed by atoms with Crippen molar-refractivity contribution in [1.29, 1.82) is 0 Å². The second-order valence-electron chi connectivity index (χ2n) is 4.27. The average Bonchev–Trinajstić information content (AvgIpc) is 2.93. The van der Waals surface area contributed by atoms with Crippen LogP contribution in [0.2, 0.25) is 0 Å². The molecule has 98 valence electrons. The van der Waals surface area contributed by atoms with Gasteiger partial charge in [-0.15, -0.1) is 0 Å². The summed E-state index contributed by atoms with van der Waals surface area (Å²) in [7, 11) is 0. The van der Waals surface area contributed by atoms with Crippen LogP contribution in [0, 0.1) is 6.92 Å². The fraction of sp³-hybridized carbons (Fsp3) is 0.545. The molecule has 2 N–H and O–H groups in total. The summed E-state index contributed by atoms with van der Waals surface area (Å²) in [6.45, 7) is 6.00. The molecule has 0 aliphatic heterocycles. The van der Waals surface area contributed by atoms with E-state index in [9.17, 15) is 0 Å². The fourth-order valence-electron chi connectivity index (χ4n) is 1.33. The minimum atomic E-state index is -0.419. The number of ether oxygens (including phenoxy) is 1. The third-order valence-electron chi connectivity index (χ3n) is 2.23. The van der Waals surface area contributed by atoms with E-state index in [0.717, 1.165) is 0 Å². The van der Waals surface area contributed by atoms with Crippen molar-refractivity contribution in [2.24, 2.45) is 5.73 Å². The van der Waals surface area contributed by atoms with E-state index in [1.807, 2.05) is 13.8 Å². The van der Waals surface area contributed by atoms with E-state index in [-0.39, 0.29) is 6.10 Å². The Balaban J connectivity index is 2.06. The lowest BCUT2D eigenvalue weighted by atomic mass is 10.3. The van der Waals surface area contributed by atoms with Crippen LogP contribution >= 0.6 is 0 Å². The molecule has 18 heavy (non-hydrogen) atoms. The van der Waals surface area contributed by atoms with E-state index in [1.54, 1.807) is 13.0 Å². The SMILES string of the molecule is Cc1cc(-c2nc(C(N)COC(C)C)no2)no1. The molecule has 2 aromatic rings. The molecule has 0 aromatic carbocycles. The first-order valence-corrected chi connectivity index (χ1v) is 5.70. The van der Waals surface area contributed by atoms with Crippen LogP contribution in [-0.4, -0.2) is 28.0 Å². The van der Waals surface area contributed by atoms with E-state index in [0.29, 0.717) is 29.8 Å². The number of aryl methyl sites for hydroxylation is 1. The Morgan fingerprint density at radius 1 is 1.33 bits per heavy atom. The lowest BCUT2D eigenvalue weighted by Crippen LogP contribution is -2.20. The number of aromatic nitrogens is 3. The minimum Gasteiger partial charge on any atom is -0.377 e. The lowest BCUT2D eigenvalue weighted by Gasteiger charge is -2.10. The summed E-state index contributed by atoms with van der Waals surface area (Å²) in [5.74, 6) is 1.37. The molecule has 0 amide bonds. The highest BCUT2D eigenvalue weighted by Crippen LogP contribution is 2.18. The van der Waals surface area contributed by atoms with Gasteiger partial charge in [0.1, 0.15) is 5.76 Å². The van der Waals surface area contributed by atoms with E-state index in [2.05, 4.69) is 15.3 Å². The summed E-state index contributed by atoms with van der Waals surface area (Å²) >= 11 is 0. The van der Waals surface area contributed by atoms with Crippen LogP contribution in [0.5, 0.6) is 0 Å². The summed E-state index contributed by atoms with van der Waals surface area (Å²) < 4.78 is 15.4. The van der Waals surface area contributed by atoms with Crippen molar-refractivity contribution in [2.75, 3.05) is 6.61 Å². The molecule has 2 aromatic heterocycles. The Hall–Kier alpha value is -1.73. The molecule has 0 aliphatic rings. The molecule has 1 atom stereocenters. The molecule has 0 bridgehead atoms. The summed E-state index contributed by atoms with van der Waals surface area (Å²) in [5, 5.41) is 7.60. The summed E-state index contributed by atoms with van der Waals surface area (Å²) in [6, 6.07) is 1.30. The molecular formula is C11H16N4O3. The van der Waals surface area contributed by atoms with Crippen molar-refractivity contribution in [2.45, 2.75) is 32.9 Å². The van der Waals surface area contributed by atoms with Gasteiger partial charge < -0.3 is 19.5 Å². The van der Waals surface area contributed by atoms with Crippen molar-refractivity contribution in [1.82, 2.24) is 15.3 Å². The molecule has 7 nitrogen and oxygen atoms in total. The first-order valence-electron chi connectivity index (χ1n) is 5.70. The Morgan fingerprint density at radius 2 is 2.11 bits per heavy atom. The van der Waals surface area contributed by atoms with E-state index >= 15 is 0 Å². The van der Waals surface area contributed by atoms with Crippen molar-refractivity contribution in [3.63, 3.8) is 0 Å². The van der Waals surface area contributed by atoms with Crippen LogP contribution in [0.1, 0.15) is 31.5 Å². The molecule has 2 rings (SSSR count). The zero-order valence-electron chi connectivity index (χ0n) is 10.6. The summed E-state index contributed by atoms with van der Waals surface area (Å²) in [5.41, 5.74) is 6.39. The van der Waals surface area contributed by atoms with E-state index < -0.39 is 6.04 Å². The van der Waals surface area contributed by atoms with Crippen LogP contribution in [0.3, 0.4) is 0 Å². The minimum absolute atomic E-state index is 0.112. The molecule has 0 aliphatic carbocycles. The molecule has 0 saturated carbocycles. The maximum absolute atomic E-state index is 5.89. The Morgan fingerprint density at radius 3 is 2.72 bits per heavy atom. The fourth-order valence-corrected chi connectivity index (χ4v) is 1.33. The van der Waals surface area contributed by atoms with E-state index in [1.165, 1.54) is 0 Å². The number of nitrogens with two attached hydrogens (primary N) is 1. The highest BCUT2D eigenvalue weighted by molar-refractivity contribution is 5.45. The predicted molar refractivity (Wildman–Crippen MR) is 62.5 cm³/mol. The standard InChI is InChI=1S/C11H16N4O3/c1-6(2)16-5-8(12)10-13-11(18-15-10)9-4-7(3)17-14-9/h4,6,8H,5,12H2,1-3H3. The van der Waals surface area contributed by atoms with Crippen LogP contribution in [0.15, 0.2) is 15.1 Å². The normalized spacial score (nSPS) is 13.2. The van der Waals surface area contributed by atoms with Gasteiger partial charge in [-0.3, -0.25) is 0 Å². The van der Waals surface area contributed by atoms with Gasteiger partial charge >= 0.3 is 0 Å². The highest BCUT2D eigenvalue weighted by atomic mass is 16.5. The number of hydrogen-bond donors (Lipinski definition) is 1. The van der Waals surface area contributed by atoms with Crippen molar-refractivity contribution >= 4 is 0 Å². The van der Waals surface area contributed by atoms with Crippen LogP contribution in [0.4, 0.5) is 0 Å². The average molecular weight is 252 g/mol. The lowest BCUT2D eigenvalue weighted by molar-refractivity contribution is 0.0665. The second-order valence-corrected chi connectivity index (χ2v) is 4.27. The van der Waals surface area contributed by atoms with Crippen LogP contribution in [-0.2, 0) is 4.74 Å². The largest absolute Gasteiger partial charge is 0.377 e. The topological polar surface area (TPSA) is 100 Å². The van der Waals surface area contributed by atoms with Crippen LogP contribution in [0.25, 0.3) is 11.6 Å². The molecule has 0 radical (unpaired) electrons.